The standard InChI is InChI=1S/C11H12Br2N6O/c1-6(2)20-10-7(3-8(12)4-9(10)13)5-15-19-11(14)16-17-18-19/h3-6H,1-2H3,(H2,14,16,18). The van der Waals surface area contributed by atoms with Crippen molar-refractivity contribution in [2.75, 3.05) is 5.73 Å². The van der Waals surface area contributed by atoms with Crippen molar-refractivity contribution in [1.82, 2.24) is 20.3 Å². The van der Waals surface area contributed by atoms with E-state index in [4.69, 9.17) is 10.5 Å². The van der Waals surface area contributed by atoms with Gasteiger partial charge in [-0.2, -0.15) is 5.10 Å². The molecule has 0 bridgehead atoms. The van der Waals surface area contributed by atoms with Crippen molar-refractivity contribution in [3.05, 3.63) is 26.6 Å². The van der Waals surface area contributed by atoms with Crippen LogP contribution in [0.4, 0.5) is 5.95 Å². The lowest BCUT2D eigenvalue weighted by atomic mass is 10.2. The molecule has 0 aliphatic heterocycles. The molecule has 0 saturated heterocycles. The first-order chi connectivity index (χ1) is 9.47. The van der Waals surface area contributed by atoms with Gasteiger partial charge in [0.1, 0.15) is 5.75 Å². The van der Waals surface area contributed by atoms with E-state index in [1.54, 1.807) is 6.21 Å². The van der Waals surface area contributed by atoms with E-state index >= 15 is 0 Å². The van der Waals surface area contributed by atoms with E-state index in [9.17, 15) is 0 Å². The van der Waals surface area contributed by atoms with Gasteiger partial charge >= 0.3 is 0 Å². The van der Waals surface area contributed by atoms with Gasteiger partial charge in [0.15, 0.2) is 0 Å². The van der Waals surface area contributed by atoms with Gasteiger partial charge < -0.3 is 10.5 Å². The van der Waals surface area contributed by atoms with E-state index in [-0.39, 0.29) is 12.1 Å². The average molecular weight is 404 g/mol. The third-order valence-corrected chi connectivity index (χ3v) is 3.22. The Hall–Kier alpha value is -1.48. The van der Waals surface area contributed by atoms with E-state index in [2.05, 4.69) is 52.5 Å². The van der Waals surface area contributed by atoms with E-state index in [0.717, 1.165) is 19.3 Å². The fourth-order valence-electron chi connectivity index (χ4n) is 1.42. The van der Waals surface area contributed by atoms with E-state index in [1.807, 2.05) is 26.0 Å². The molecule has 1 aromatic heterocycles. The molecular weight excluding hydrogens is 392 g/mol. The Morgan fingerprint density at radius 3 is 2.75 bits per heavy atom. The first-order valence-electron chi connectivity index (χ1n) is 5.71. The molecule has 0 amide bonds. The second-order valence-electron chi connectivity index (χ2n) is 4.14. The minimum Gasteiger partial charge on any atom is -0.489 e. The number of aromatic nitrogens is 4. The minimum atomic E-state index is 0.0396. The van der Waals surface area contributed by atoms with Gasteiger partial charge in [-0.1, -0.05) is 25.8 Å². The van der Waals surface area contributed by atoms with Crippen LogP contribution in [0.15, 0.2) is 26.2 Å². The summed E-state index contributed by atoms with van der Waals surface area (Å²) >= 11 is 6.90. The van der Waals surface area contributed by atoms with Crippen LogP contribution in [0.3, 0.4) is 0 Å². The normalized spacial score (nSPS) is 11.4. The number of halogens is 2. The maximum absolute atomic E-state index is 5.78. The molecule has 20 heavy (non-hydrogen) atoms. The van der Waals surface area contributed by atoms with Crippen LogP contribution in [0, 0.1) is 0 Å². The van der Waals surface area contributed by atoms with Crippen LogP contribution in [-0.4, -0.2) is 32.6 Å². The summed E-state index contributed by atoms with van der Waals surface area (Å²) in [5.41, 5.74) is 6.32. The van der Waals surface area contributed by atoms with Crippen LogP contribution in [0.2, 0.25) is 0 Å². The Labute approximate surface area is 132 Å². The topological polar surface area (TPSA) is 91.2 Å². The summed E-state index contributed by atoms with van der Waals surface area (Å²) in [6, 6.07) is 3.78. The summed E-state index contributed by atoms with van der Waals surface area (Å²) in [4.78, 5) is 1.13. The third kappa shape index (κ3) is 3.54. The number of nitrogens with two attached hydrogens (primary N) is 1. The molecule has 0 spiro atoms. The van der Waals surface area contributed by atoms with Crippen molar-refractivity contribution in [2.24, 2.45) is 5.10 Å². The van der Waals surface area contributed by atoms with Crippen LogP contribution in [-0.2, 0) is 0 Å². The van der Waals surface area contributed by atoms with Crippen molar-refractivity contribution in [1.29, 1.82) is 0 Å². The summed E-state index contributed by atoms with van der Waals surface area (Å²) in [6.07, 6.45) is 1.62. The number of hydrogen-bond acceptors (Lipinski definition) is 6. The lowest BCUT2D eigenvalue weighted by Crippen LogP contribution is -2.08. The molecule has 0 unspecified atom stereocenters. The van der Waals surface area contributed by atoms with Gasteiger partial charge in [0.2, 0.25) is 0 Å². The van der Waals surface area contributed by atoms with E-state index in [1.165, 1.54) is 0 Å². The average Bonchev–Trinajstić information content (AvgIpc) is 2.76. The quantitative estimate of drug-likeness (QED) is 0.791. The molecule has 1 heterocycles. The SMILES string of the molecule is CC(C)Oc1c(Br)cc(Br)cc1C=Nn1nnnc1N. The summed E-state index contributed by atoms with van der Waals surface area (Å²) < 4.78 is 7.50. The smallest absolute Gasteiger partial charge is 0.263 e. The highest BCUT2D eigenvalue weighted by molar-refractivity contribution is 9.11. The number of ether oxygens (including phenoxy) is 1. The van der Waals surface area contributed by atoms with Crippen molar-refractivity contribution in [2.45, 2.75) is 20.0 Å². The highest BCUT2D eigenvalue weighted by atomic mass is 79.9. The number of benzene rings is 1. The van der Waals surface area contributed by atoms with Crippen LogP contribution in [0.1, 0.15) is 19.4 Å². The van der Waals surface area contributed by atoms with Crippen LogP contribution in [0.25, 0.3) is 0 Å². The van der Waals surface area contributed by atoms with E-state index < -0.39 is 0 Å². The second-order valence-corrected chi connectivity index (χ2v) is 5.91. The molecule has 0 aliphatic carbocycles. The zero-order valence-electron chi connectivity index (χ0n) is 10.8. The molecule has 0 atom stereocenters. The Bertz CT molecular complexity index is 640. The Kier molecular flexibility index (Phi) is 4.71. The zero-order valence-corrected chi connectivity index (χ0v) is 14.0. The van der Waals surface area contributed by atoms with E-state index in [0.29, 0.717) is 5.75 Å². The lowest BCUT2D eigenvalue weighted by Gasteiger charge is -2.14. The molecular formula is C11H12Br2N6O. The Balaban J connectivity index is 2.39. The maximum atomic E-state index is 5.78. The number of rotatable bonds is 4. The molecule has 0 aliphatic rings. The Morgan fingerprint density at radius 2 is 2.15 bits per heavy atom. The number of hydrogen-bond donors (Lipinski definition) is 1. The van der Waals surface area contributed by atoms with Gasteiger partial charge in [-0.25, -0.2) is 0 Å². The van der Waals surface area contributed by atoms with Gasteiger partial charge in [-0.05, 0) is 52.3 Å². The second kappa shape index (κ2) is 6.31. The highest BCUT2D eigenvalue weighted by Crippen LogP contribution is 2.32. The van der Waals surface area contributed by atoms with Crippen molar-refractivity contribution in [3.63, 3.8) is 0 Å². The fourth-order valence-corrected chi connectivity index (χ4v) is 2.78. The zero-order chi connectivity index (χ0) is 14.7. The Morgan fingerprint density at radius 1 is 1.40 bits per heavy atom. The minimum absolute atomic E-state index is 0.0396. The van der Waals surface area contributed by atoms with Crippen LogP contribution >= 0.6 is 31.9 Å². The summed E-state index contributed by atoms with van der Waals surface area (Å²) in [5.74, 6) is 0.806. The fraction of sp³-hybridized carbons (Fsp3) is 0.273. The van der Waals surface area contributed by atoms with Crippen molar-refractivity contribution < 1.29 is 4.74 Å². The molecule has 7 nitrogen and oxygen atoms in total. The molecule has 0 saturated carbocycles. The van der Waals surface area contributed by atoms with Gasteiger partial charge in [-0.15, -0.1) is 0 Å². The van der Waals surface area contributed by atoms with Gasteiger partial charge in [0.25, 0.3) is 5.95 Å². The summed E-state index contributed by atoms with van der Waals surface area (Å²) in [6.45, 7) is 3.91. The number of tetrazole rings is 1. The van der Waals surface area contributed by atoms with Crippen LogP contribution < -0.4 is 10.5 Å². The molecule has 2 rings (SSSR count). The molecule has 106 valence electrons. The third-order valence-electron chi connectivity index (χ3n) is 2.17. The first kappa shape index (κ1) is 14.9. The van der Waals surface area contributed by atoms with Gasteiger partial charge in [-0.3, -0.25) is 0 Å². The highest BCUT2D eigenvalue weighted by Gasteiger charge is 2.11. The number of nitrogen functional groups attached to an aromatic ring is 1. The van der Waals surface area contributed by atoms with Gasteiger partial charge in [0.05, 0.1) is 16.8 Å². The van der Waals surface area contributed by atoms with Gasteiger partial charge in [0, 0.05) is 10.0 Å². The van der Waals surface area contributed by atoms with Crippen molar-refractivity contribution in [3.8, 4) is 5.75 Å². The van der Waals surface area contributed by atoms with Crippen LogP contribution in [0.5, 0.6) is 5.75 Å². The molecule has 1 aromatic carbocycles. The predicted molar refractivity (Wildman–Crippen MR) is 82.8 cm³/mol. The largest absolute Gasteiger partial charge is 0.489 e. The maximum Gasteiger partial charge on any atom is 0.263 e. The summed E-state index contributed by atoms with van der Waals surface area (Å²) in [5, 5.41) is 14.7. The number of nitrogens with zero attached hydrogens (tertiary/aromatic N) is 5. The number of anilines is 1. The molecule has 0 fully saturated rings. The first-order valence-corrected chi connectivity index (χ1v) is 7.30. The van der Waals surface area contributed by atoms with Crippen molar-refractivity contribution >= 4 is 44.0 Å². The summed E-state index contributed by atoms with van der Waals surface area (Å²) in [7, 11) is 0. The predicted octanol–water partition coefficient (Wildman–Crippen LogP) is 2.45. The lowest BCUT2D eigenvalue weighted by molar-refractivity contribution is 0.240. The molecule has 9 heteroatoms. The molecule has 2 aromatic rings. The molecule has 2 N–H and O–H groups in total. The molecule has 0 radical (unpaired) electrons. The monoisotopic (exact) mass is 402 g/mol.